The third-order valence-electron chi connectivity index (χ3n) is 6.48. The fourth-order valence-corrected chi connectivity index (χ4v) is 4.07. The minimum absolute atomic E-state index is 0.00109. The summed E-state index contributed by atoms with van der Waals surface area (Å²) in [5.41, 5.74) is 1.55. The van der Waals surface area contributed by atoms with E-state index < -0.39 is 48.1 Å². The van der Waals surface area contributed by atoms with Gasteiger partial charge in [0, 0.05) is 18.0 Å². The molecule has 1 aliphatic heterocycles. The van der Waals surface area contributed by atoms with Crippen LogP contribution in [0, 0.1) is 17.8 Å². The van der Waals surface area contributed by atoms with E-state index in [2.05, 4.69) is 29.8 Å². The number of carboxylic acids is 1. The van der Waals surface area contributed by atoms with Gasteiger partial charge in [-0.2, -0.15) is 0 Å². The van der Waals surface area contributed by atoms with Crippen molar-refractivity contribution >= 4 is 35.4 Å². The zero-order valence-electron chi connectivity index (χ0n) is 25.1. The second-order valence-corrected chi connectivity index (χ2v) is 11.2. The van der Waals surface area contributed by atoms with E-state index in [1.165, 1.54) is 0 Å². The SMILES string of the molecule is CC(C)=C(/C=C\C=C/C(C)C)NC(=O)CC(=O)CNCCCCC(NC(=O)CN1C(=O)CC(C(C)C)C1=O)C(=O)O. The van der Waals surface area contributed by atoms with Crippen LogP contribution in [0.5, 0.6) is 0 Å². The lowest BCUT2D eigenvalue weighted by molar-refractivity contribution is -0.145. The van der Waals surface area contributed by atoms with Crippen molar-refractivity contribution < 1.29 is 33.9 Å². The number of hydrogen-bond acceptors (Lipinski definition) is 7. The molecule has 4 N–H and O–H groups in total. The monoisotopic (exact) mass is 574 g/mol. The first-order valence-corrected chi connectivity index (χ1v) is 14.1. The maximum Gasteiger partial charge on any atom is 0.326 e. The van der Waals surface area contributed by atoms with E-state index in [1.807, 2.05) is 45.9 Å². The third-order valence-corrected chi connectivity index (χ3v) is 6.48. The number of aliphatic carboxylic acids is 1. The number of nitrogens with zero attached hydrogens (tertiary/aromatic N) is 1. The first-order chi connectivity index (χ1) is 19.2. The summed E-state index contributed by atoms with van der Waals surface area (Å²) in [4.78, 5) is 73.8. The van der Waals surface area contributed by atoms with Crippen molar-refractivity contribution in [2.24, 2.45) is 17.8 Å². The number of amides is 4. The average molecular weight is 575 g/mol. The van der Waals surface area contributed by atoms with Crippen molar-refractivity contribution in [3.8, 4) is 0 Å². The summed E-state index contributed by atoms with van der Waals surface area (Å²) in [6.07, 6.45) is 8.45. The Balaban J connectivity index is 2.37. The minimum Gasteiger partial charge on any atom is -0.480 e. The van der Waals surface area contributed by atoms with Gasteiger partial charge in [-0.3, -0.25) is 28.9 Å². The highest BCUT2D eigenvalue weighted by Gasteiger charge is 2.41. The van der Waals surface area contributed by atoms with Crippen molar-refractivity contribution in [2.45, 2.75) is 79.7 Å². The van der Waals surface area contributed by atoms with E-state index in [1.54, 1.807) is 6.08 Å². The van der Waals surface area contributed by atoms with Gasteiger partial charge in [0.15, 0.2) is 5.78 Å². The van der Waals surface area contributed by atoms with Gasteiger partial charge in [0.05, 0.1) is 13.0 Å². The lowest BCUT2D eigenvalue weighted by Gasteiger charge is -2.19. The predicted octanol–water partition coefficient (Wildman–Crippen LogP) is 2.48. The molecule has 0 spiro atoms. The molecule has 1 saturated heterocycles. The molecule has 0 radical (unpaired) electrons. The molecule has 0 saturated carbocycles. The van der Waals surface area contributed by atoms with E-state index in [0.717, 1.165) is 10.5 Å². The Hall–Kier alpha value is -3.60. The molecule has 2 atom stereocenters. The van der Waals surface area contributed by atoms with Crippen molar-refractivity contribution in [1.29, 1.82) is 0 Å². The number of carbonyl (C=O) groups excluding carboxylic acids is 5. The minimum atomic E-state index is -1.21. The Morgan fingerprint density at radius 2 is 1.71 bits per heavy atom. The van der Waals surface area contributed by atoms with Crippen LogP contribution in [-0.2, 0) is 28.8 Å². The van der Waals surface area contributed by atoms with E-state index in [-0.39, 0.29) is 37.5 Å². The van der Waals surface area contributed by atoms with Crippen molar-refractivity contribution in [3.05, 3.63) is 35.6 Å². The van der Waals surface area contributed by atoms with Gasteiger partial charge in [-0.05, 0) is 57.6 Å². The van der Waals surface area contributed by atoms with Gasteiger partial charge in [-0.15, -0.1) is 0 Å². The smallest absolute Gasteiger partial charge is 0.326 e. The molecule has 41 heavy (non-hydrogen) atoms. The fourth-order valence-electron chi connectivity index (χ4n) is 4.07. The predicted molar refractivity (Wildman–Crippen MR) is 155 cm³/mol. The van der Waals surface area contributed by atoms with Crippen LogP contribution < -0.4 is 16.0 Å². The third kappa shape index (κ3) is 13.5. The molecule has 228 valence electrons. The molecule has 0 aromatic carbocycles. The molecule has 11 heteroatoms. The largest absolute Gasteiger partial charge is 0.480 e. The molecule has 1 rings (SSSR count). The van der Waals surface area contributed by atoms with E-state index in [9.17, 15) is 33.9 Å². The molecule has 11 nitrogen and oxygen atoms in total. The van der Waals surface area contributed by atoms with Gasteiger partial charge in [-0.25, -0.2) is 4.79 Å². The summed E-state index contributed by atoms with van der Waals surface area (Å²) >= 11 is 0. The number of likely N-dealkylation sites (tertiary alicyclic amines) is 1. The van der Waals surface area contributed by atoms with E-state index >= 15 is 0 Å². The second-order valence-electron chi connectivity index (χ2n) is 11.2. The number of imide groups is 1. The highest BCUT2D eigenvalue weighted by Crippen LogP contribution is 2.26. The first kappa shape index (κ1) is 35.4. The summed E-state index contributed by atoms with van der Waals surface area (Å²) in [7, 11) is 0. The lowest BCUT2D eigenvalue weighted by atomic mass is 9.94. The summed E-state index contributed by atoms with van der Waals surface area (Å²) in [6, 6.07) is -1.17. The van der Waals surface area contributed by atoms with Gasteiger partial charge in [-0.1, -0.05) is 51.5 Å². The van der Waals surface area contributed by atoms with Crippen LogP contribution in [0.1, 0.15) is 73.6 Å². The van der Waals surface area contributed by atoms with Crippen molar-refractivity contribution in [3.63, 3.8) is 0 Å². The normalized spacial score (nSPS) is 16.2. The molecule has 0 aromatic rings. The van der Waals surface area contributed by atoms with Crippen LogP contribution in [0.15, 0.2) is 35.6 Å². The maximum atomic E-state index is 12.4. The second kappa shape index (κ2) is 18.0. The summed E-state index contributed by atoms with van der Waals surface area (Å²) in [6.45, 7) is 11.4. The van der Waals surface area contributed by atoms with Gasteiger partial charge >= 0.3 is 5.97 Å². The van der Waals surface area contributed by atoms with Gasteiger partial charge in [0.2, 0.25) is 23.6 Å². The number of carbonyl (C=O) groups is 6. The highest BCUT2D eigenvalue weighted by molar-refractivity contribution is 6.06. The maximum absolute atomic E-state index is 12.4. The fraction of sp³-hybridized carbons (Fsp3) is 0.600. The van der Waals surface area contributed by atoms with Gasteiger partial charge < -0.3 is 21.1 Å². The zero-order valence-corrected chi connectivity index (χ0v) is 25.1. The molecule has 0 aromatic heterocycles. The molecule has 1 aliphatic rings. The molecule has 2 unspecified atom stereocenters. The lowest BCUT2D eigenvalue weighted by Crippen LogP contribution is -2.47. The van der Waals surface area contributed by atoms with Crippen LogP contribution in [-0.4, -0.2) is 71.1 Å². The van der Waals surface area contributed by atoms with Crippen LogP contribution >= 0.6 is 0 Å². The van der Waals surface area contributed by atoms with Crippen LogP contribution in [0.2, 0.25) is 0 Å². The van der Waals surface area contributed by atoms with E-state index in [4.69, 9.17) is 0 Å². The molecule has 0 aliphatic carbocycles. The van der Waals surface area contributed by atoms with E-state index in [0.29, 0.717) is 31.0 Å². The van der Waals surface area contributed by atoms with Crippen LogP contribution in [0.4, 0.5) is 0 Å². The van der Waals surface area contributed by atoms with Crippen molar-refractivity contribution in [2.75, 3.05) is 19.6 Å². The molecule has 1 heterocycles. The molecular formula is C30H46N4O7. The summed E-state index contributed by atoms with van der Waals surface area (Å²) in [5, 5.41) is 17.6. The Bertz CT molecular complexity index is 1060. The molecule has 0 bridgehead atoms. The zero-order chi connectivity index (χ0) is 31.1. The number of allylic oxidation sites excluding steroid dienone is 5. The van der Waals surface area contributed by atoms with Gasteiger partial charge in [0.1, 0.15) is 12.6 Å². The Kier molecular flexibility index (Phi) is 15.5. The number of Topliss-reactive ketones (excluding diaryl/α,β-unsaturated/α-hetero) is 1. The first-order valence-electron chi connectivity index (χ1n) is 14.1. The number of nitrogens with one attached hydrogen (secondary N) is 3. The van der Waals surface area contributed by atoms with Gasteiger partial charge in [0.25, 0.3) is 0 Å². The quantitative estimate of drug-likeness (QED) is 0.0840. The number of carboxylic acid groups (broad SMARTS) is 1. The Morgan fingerprint density at radius 3 is 2.27 bits per heavy atom. The molecule has 4 amide bonds. The van der Waals surface area contributed by atoms with Crippen LogP contribution in [0.25, 0.3) is 0 Å². The molecular weight excluding hydrogens is 528 g/mol. The average Bonchev–Trinajstić information content (AvgIpc) is 3.15. The summed E-state index contributed by atoms with van der Waals surface area (Å²) in [5.74, 6) is -3.52. The topological polar surface area (TPSA) is 162 Å². The van der Waals surface area contributed by atoms with Crippen LogP contribution in [0.3, 0.4) is 0 Å². The number of unbranched alkanes of at least 4 members (excludes halogenated alkanes) is 1. The Labute approximate surface area is 242 Å². The molecule has 1 fully saturated rings. The van der Waals surface area contributed by atoms with Crippen molar-refractivity contribution in [1.82, 2.24) is 20.9 Å². The summed E-state index contributed by atoms with van der Waals surface area (Å²) < 4.78 is 0. The highest BCUT2D eigenvalue weighted by atomic mass is 16.4. The number of hydrogen-bond donors (Lipinski definition) is 4. The Morgan fingerprint density at radius 1 is 1.02 bits per heavy atom. The number of rotatable bonds is 18. The standard InChI is InChI=1S/C30H46N4O7/c1-19(2)11-7-8-12-24(21(5)6)32-26(36)15-22(35)17-31-14-10-9-13-25(30(40)41)33-27(37)18-34-28(38)16-23(20(3)4)29(34)39/h7-8,11-12,19-20,23,25,31H,9-10,13-18H2,1-6H3,(H,32,36)(H,33,37)(H,40,41)/b11-7-,12-8-. The number of ketones is 1.